The average molecular weight is 324 g/mol. The van der Waals surface area contributed by atoms with Gasteiger partial charge in [0.1, 0.15) is 17.7 Å². The van der Waals surface area contributed by atoms with Crippen molar-refractivity contribution in [2.45, 2.75) is 13.0 Å². The predicted molar refractivity (Wildman–Crippen MR) is 77.7 cm³/mol. The van der Waals surface area contributed by atoms with Crippen molar-refractivity contribution >= 4 is 15.9 Å². The Balaban J connectivity index is 2.23. The highest BCUT2D eigenvalue weighted by atomic mass is 79.9. The summed E-state index contributed by atoms with van der Waals surface area (Å²) < 4.78 is 20.1. The summed E-state index contributed by atoms with van der Waals surface area (Å²) >= 11 is 3.38. The Kier molecular flexibility index (Phi) is 4.56. The third-order valence-corrected chi connectivity index (χ3v) is 3.40. The Morgan fingerprint density at radius 1 is 1.21 bits per heavy atom. The molecule has 2 aromatic carbocycles. The van der Waals surface area contributed by atoms with Crippen molar-refractivity contribution in [1.82, 2.24) is 0 Å². The van der Waals surface area contributed by atoms with Crippen LogP contribution < -0.4 is 10.5 Å². The van der Waals surface area contributed by atoms with Crippen molar-refractivity contribution in [1.29, 1.82) is 0 Å². The summed E-state index contributed by atoms with van der Waals surface area (Å²) in [6.45, 7) is 2.21. The Bertz CT molecular complexity index is 557. The number of rotatable bonds is 4. The number of aryl methyl sites for hydroxylation is 1. The van der Waals surface area contributed by atoms with Crippen LogP contribution >= 0.6 is 15.9 Å². The highest BCUT2D eigenvalue weighted by Crippen LogP contribution is 2.26. The fourth-order valence-corrected chi connectivity index (χ4v) is 2.05. The van der Waals surface area contributed by atoms with Crippen LogP contribution in [-0.2, 0) is 0 Å². The summed E-state index contributed by atoms with van der Waals surface area (Å²) in [4.78, 5) is 0. The van der Waals surface area contributed by atoms with Crippen LogP contribution in [0.25, 0.3) is 0 Å². The largest absolute Gasteiger partial charge is 0.484 e. The van der Waals surface area contributed by atoms with Gasteiger partial charge in [-0.15, -0.1) is 0 Å². The second-order valence-corrected chi connectivity index (χ2v) is 5.22. The smallest absolute Gasteiger partial charge is 0.136 e. The summed E-state index contributed by atoms with van der Waals surface area (Å²) in [5.74, 6) is 0.213. The fourth-order valence-electron chi connectivity index (χ4n) is 1.78. The van der Waals surface area contributed by atoms with Gasteiger partial charge >= 0.3 is 0 Å². The highest BCUT2D eigenvalue weighted by molar-refractivity contribution is 9.10. The van der Waals surface area contributed by atoms with Crippen molar-refractivity contribution in [2.75, 3.05) is 6.54 Å². The van der Waals surface area contributed by atoms with E-state index < -0.39 is 0 Å². The molecule has 0 spiro atoms. The zero-order valence-electron chi connectivity index (χ0n) is 10.6. The van der Waals surface area contributed by atoms with Gasteiger partial charge in [0, 0.05) is 17.1 Å². The first kappa shape index (κ1) is 14.0. The monoisotopic (exact) mass is 323 g/mol. The third-order valence-electron chi connectivity index (χ3n) is 2.88. The molecule has 100 valence electrons. The van der Waals surface area contributed by atoms with Crippen molar-refractivity contribution < 1.29 is 9.13 Å². The first-order valence-electron chi connectivity index (χ1n) is 5.98. The van der Waals surface area contributed by atoms with Gasteiger partial charge in [0.25, 0.3) is 0 Å². The summed E-state index contributed by atoms with van der Waals surface area (Å²) in [6, 6.07) is 12.2. The summed E-state index contributed by atoms with van der Waals surface area (Å²) in [6.07, 6.45) is -0.284. The molecular weight excluding hydrogens is 309 g/mol. The molecule has 0 heterocycles. The first-order chi connectivity index (χ1) is 9.10. The lowest BCUT2D eigenvalue weighted by molar-refractivity contribution is 0.212. The molecule has 0 fully saturated rings. The molecule has 19 heavy (non-hydrogen) atoms. The quantitative estimate of drug-likeness (QED) is 0.923. The van der Waals surface area contributed by atoms with Gasteiger partial charge in [0.05, 0.1) is 0 Å². The lowest BCUT2D eigenvalue weighted by Crippen LogP contribution is -2.18. The second-order valence-electron chi connectivity index (χ2n) is 4.30. The van der Waals surface area contributed by atoms with E-state index in [0.29, 0.717) is 12.3 Å². The SMILES string of the molecule is Cc1ccc(F)cc1OC(CN)c1ccc(Br)cc1. The van der Waals surface area contributed by atoms with Crippen LogP contribution in [0.2, 0.25) is 0 Å². The van der Waals surface area contributed by atoms with Crippen LogP contribution in [0, 0.1) is 12.7 Å². The van der Waals surface area contributed by atoms with Crippen LogP contribution in [0.4, 0.5) is 4.39 Å². The van der Waals surface area contributed by atoms with Crippen molar-refractivity contribution in [3.63, 3.8) is 0 Å². The molecule has 0 radical (unpaired) electrons. The molecule has 2 rings (SSSR count). The average Bonchev–Trinajstić information content (AvgIpc) is 2.41. The molecule has 1 unspecified atom stereocenters. The van der Waals surface area contributed by atoms with E-state index in [-0.39, 0.29) is 11.9 Å². The maximum atomic E-state index is 13.2. The maximum Gasteiger partial charge on any atom is 0.136 e. The third kappa shape index (κ3) is 3.55. The minimum Gasteiger partial charge on any atom is -0.484 e. The molecule has 2 N–H and O–H groups in total. The first-order valence-corrected chi connectivity index (χ1v) is 6.78. The normalized spacial score (nSPS) is 12.2. The van der Waals surface area contributed by atoms with E-state index in [9.17, 15) is 4.39 Å². The van der Waals surface area contributed by atoms with Gasteiger partial charge < -0.3 is 10.5 Å². The van der Waals surface area contributed by atoms with Gasteiger partial charge in [0.15, 0.2) is 0 Å². The Morgan fingerprint density at radius 3 is 2.53 bits per heavy atom. The van der Waals surface area contributed by atoms with E-state index in [2.05, 4.69) is 15.9 Å². The van der Waals surface area contributed by atoms with Crippen LogP contribution in [-0.4, -0.2) is 6.54 Å². The maximum absolute atomic E-state index is 13.2. The van der Waals surface area contributed by atoms with Gasteiger partial charge in [-0.2, -0.15) is 0 Å². The minimum atomic E-state index is -0.313. The molecule has 0 bridgehead atoms. The number of halogens is 2. The van der Waals surface area contributed by atoms with Gasteiger partial charge in [0.2, 0.25) is 0 Å². The molecule has 0 saturated carbocycles. The topological polar surface area (TPSA) is 35.2 Å². The van der Waals surface area contributed by atoms with Gasteiger partial charge in [-0.1, -0.05) is 34.1 Å². The fraction of sp³-hybridized carbons (Fsp3) is 0.200. The minimum absolute atomic E-state index is 0.284. The standard InChI is InChI=1S/C15H15BrFNO/c1-10-2-7-13(17)8-14(10)19-15(9-18)11-3-5-12(16)6-4-11/h2-8,15H,9,18H2,1H3. The Labute approximate surface area is 120 Å². The lowest BCUT2D eigenvalue weighted by atomic mass is 10.1. The van der Waals surface area contributed by atoms with Crippen molar-refractivity contribution in [2.24, 2.45) is 5.73 Å². The number of hydrogen-bond donors (Lipinski definition) is 1. The van der Waals surface area contributed by atoms with E-state index in [4.69, 9.17) is 10.5 Å². The van der Waals surface area contributed by atoms with Gasteiger partial charge in [-0.25, -0.2) is 4.39 Å². The molecule has 0 aliphatic heterocycles. The molecule has 0 saturated heterocycles. The zero-order valence-corrected chi connectivity index (χ0v) is 12.2. The van der Waals surface area contributed by atoms with E-state index in [0.717, 1.165) is 15.6 Å². The Morgan fingerprint density at radius 2 is 1.89 bits per heavy atom. The van der Waals surface area contributed by atoms with Crippen molar-refractivity contribution in [3.8, 4) is 5.75 Å². The molecule has 4 heteroatoms. The van der Waals surface area contributed by atoms with Crippen LogP contribution in [0.3, 0.4) is 0 Å². The number of benzene rings is 2. The molecule has 0 aliphatic carbocycles. The molecule has 2 aromatic rings. The predicted octanol–water partition coefficient (Wildman–Crippen LogP) is 3.98. The van der Waals surface area contributed by atoms with Crippen LogP contribution in [0.15, 0.2) is 46.9 Å². The van der Waals surface area contributed by atoms with Crippen LogP contribution in [0.5, 0.6) is 5.75 Å². The molecule has 1 atom stereocenters. The van der Waals surface area contributed by atoms with Crippen LogP contribution in [0.1, 0.15) is 17.2 Å². The van der Waals surface area contributed by atoms with Gasteiger partial charge in [-0.3, -0.25) is 0 Å². The molecular formula is C15H15BrFNO. The molecule has 0 aliphatic rings. The van der Waals surface area contributed by atoms with Gasteiger partial charge in [-0.05, 0) is 36.2 Å². The number of hydrogen-bond acceptors (Lipinski definition) is 2. The molecule has 2 nitrogen and oxygen atoms in total. The number of nitrogens with two attached hydrogens (primary N) is 1. The lowest BCUT2D eigenvalue weighted by Gasteiger charge is -2.19. The molecule has 0 aromatic heterocycles. The zero-order chi connectivity index (χ0) is 13.8. The molecule has 0 amide bonds. The van der Waals surface area contributed by atoms with E-state index in [1.54, 1.807) is 6.07 Å². The van der Waals surface area contributed by atoms with E-state index in [1.807, 2.05) is 31.2 Å². The second kappa shape index (κ2) is 6.17. The van der Waals surface area contributed by atoms with E-state index >= 15 is 0 Å². The Hall–Kier alpha value is -1.39. The summed E-state index contributed by atoms with van der Waals surface area (Å²) in [7, 11) is 0. The summed E-state index contributed by atoms with van der Waals surface area (Å²) in [5.41, 5.74) is 7.60. The number of ether oxygens (including phenoxy) is 1. The highest BCUT2D eigenvalue weighted by Gasteiger charge is 2.13. The summed E-state index contributed by atoms with van der Waals surface area (Å²) in [5, 5.41) is 0. The van der Waals surface area contributed by atoms with E-state index in [1.165, 1.54) is 12.1 Å². The van der Waals surface area contributed by atoms with Crippen molar-refractivity contribution in [3.05, 3.63) is 63.9 Å².